The molecular formula is C8H21N3. The van der Waals surface area contributed by atoms with Gasteiger partial charge in [-0.1, -0.05) is 0 Å². The molecule has 0 saturated heterocycles. The van der Waals surface area contributed by atoms with Crippen molar-refractivity contribution in [2.24, 2.45) is 5.73 Å². The molecule has 11 heavy (non-hydrogen) atoms. The Morgan fingerprint density at radius 1 is 1.18 bits per heavy atom. The first-order valence-corrected chi connectivity index (χ1v) is 4.33. The summed E-state index contributed by atoms with van der Waals surface area (Å²) in [6.07, 6.45) is 2.31. The first-order valence-electron chi connectivity index (χ1n) is 4.33. The van der Waals surface area contributed by atoms with Gasteiger partial charge in [0.15, 0.2) is 0 Å². The van der Waals surface area contributed by atoms with E-state index < -0.39 is 0 Å². The molecule has 68 valence electrons. The molecule has 0 rings (SSSR count). The lowest BCUT2D eigenvalue weighted by atomic mass is 10.4. The van der Waals surface area contributed by atoms with E-state index in [1.54, 1.807) is 0 Å². The standard InChI is InChI=1S/C8H21N3/c1-11(2)8-4-7-10-6-3-5-9/h10H,3-9H2,1-2H3. The van der Waals surface area contributed by atoms with Crippen molar-refractivity contribution in [1.82, 2.24) is 10.2 Å². The molecule has 0 heterocycles. The molecule has 0 aromatic heterocycles. The molecular weight excluding hydrogens is 138 g/mol. The van der Waals surface area contributed by atoms with Gasteiger partial charge >= 0.3 is 0 Å². The predicted molar refractivity (Wildman–Crippen MR) is 49.7 cm³/mol. The molecule has 3 heteroatoms. The van der Waals surface area contributed by atoms with Crippen molar-refractivity contribution in [3.05, 3.63) is 0 Å². The number of nitrogens with two attached hydrogens (primary N) is 1. The molecule has 0 spiro atoms. The van der Waals surface area contributed by atoms with Crippen LogP contribution in [0.4, 0.5) is 0 Å². The number of nitrogens with one attached hydrogen (secondary N) is 1. The fourth-order valence-corrected chi connectivity index (χ4v) is 0.872. The summed E-state index contributed by atoms with van der Waals surface area (Å²) in [6.45, 7) is 4.12. The highest BCUT2D eigenvalue weighted by molar-refractivity contribution is 4.50. The maximum absolute atomic E-state index is 5.34. The van der Waals surface area contributed by atoms with Crippen LogP contribution in [0.15, 0.2) is 0 Å². The van der Waals surface area contributed by atoms with Crippen LogP contribution >= 0.6 is 0 Å². The van der Waals surface area contributed by atoms with Gasteiger partial charge in [0.05, 0.1) is 0 Å². The fraction of sp³-hybridized carbons (Fsp3) is 1.00. The number of hydrogen-bond donors (Lipinski definition) is 2. The predicted octanol–water partition coefficient (Wildman–Crippen LogP) is -0.123. The molecule has 0 aliphatic carbocycles. The lowest BCUT2D eigenvalue weighted by Crippen LogP contribution is -2.23. The SMILES string of the molecule is CN(C)CCCNCCCN. The molecule has 0 atom stereocenters. The van der Waals surface area contributed by atoms with E-state index in [2.05, 4.69) is 24.3 Å². The fourth-order valence-electron chi connectivity index (χ4n) is 0.872. The van der Waals surface area contributed by atoms with Crippen LogP contribution in [0.25, 0.3) is 0 Å². The van der Waals surface area contributed by atoms with Gasteiger partial charge in [0.25, 0.3) is 0 Å². The molecule has 0 bridgehead atoms. The van der Waals surface area contributed by atoms with Crippen LogP contribution in [-0.4, -0.2) is 45.2 Å². The zero-order valence-corrected chi connectivity index (χ0v) is 7.77. The summed E-state index contributed by atoms with van der Waals surface area (Å²) < 4.78 is 0. The Morgan fingerprint density at radius 2 is 1.82 bits per heavy atom. The third-order valence-corrected chi connectivity index (χ3v) is 1.52. The Kier molecular flexibility index (Phi) is 7.89. The summed E-state index contributed by atoms with van der Waals surface area (Å²) >= 11 is 0. The second-order valence-corrected chi connectivity index (χ2v) is 3.05. The van der Waals surface area contributed by atoms with Gasteiger partial charge in [-0.25, -0.2) is 0 Å². The second kappa shape index (κ2) is 7.98. The van der Waals surface area contributed by atoms with Crippen LogP contribution in [0.2, 0.25) is 0 Å². The zero-order valence-electron chi connectivity index (χ0n) is 7.77. The molecule has 0 aliphatic rings. The topological polar surface area (TPSA) is 41.3 Å². The second-order valence-electron chi connectivity index (χ2n) is 3.05. The summed E-state index contributed by atoms with van der Waals surface area (Å²) in [5.74, 6) is 0. The third-order valence-electron chi connectivity index (χ3n) is 1.52. The highest BCUT2D eigenvalue weighted by Crippen LogP contribution is 1.80. The lowest BCUT2D eigenvalue weighted by molar-refractivity contribution is 0.394. The summed E-state index contributed by atoms with van der Waals surface area (Å²) in [7, 11) is 4.19. The minimum Gasteiger partial charge on any atom is -0.330 e. The van der Waals surface area contributed by atoms with E-state index >= 15 is 0 Å². The summed E-state index contributed by atoms with van der Waals surface area (Å²) in [5, 5.41) is 3.34. The third kappa shape index (κ3) is 9.88. The summed E-state index contributed by atoms with van der Waals surface area (Å²) in [4.78, 5) is 2.20. The van der Waals surface area contributed by atoms with E-state index in [9.17, 15) is 0 Å². The first-order chi connectivity index (χ1) is 5.27. The quantitative estimate of drug-likeness (QED) is 0.509. The van der Waals surface area contributed by atoms with Crippen molar-refractivity contribution in [1.29, 1.82) is 0 Å². The molecule has 0 aliphatic heterocycles. The van der Waals surface area contributed by atoms with Crippen LogP contribution < -0.4 is 11.1 Å². The maximum atomic E-state index is 5.34. The Morgan fingerprint density at radius 3 is 2.36 bits per heavy atom. The van der Waals surface area contributed by atoms with E-state index in [0.29, 0.717) is 0 Å². The molecule has 0 aromatic rings. The van der Waals surface area contributed by atoms with Crippen molar-refractivity contribution in [2.75, 3.05) is 40.3 Å². The van der Waals surface area contributed by atoms with Crippen LogP contribution in [-0.2, 0) is 0 Å². The molecule has 0 fully saturated rings. The average Bonchev–Trinajstić information content (AvgIpc) is 1.96. The first kappa shape index (κ1) is 10.9. The van der Waals surface area contributed by atoms with Gasteiger partial charge in [-0.15, -0.1) is 0 Å². The van der Waals surface area contributed by atoms with Crippen molar-refractivity contribution in [3.8, 4) is 0 Å². The van der Waals surface area contributed by atoms with Crippen LogP contribution in [0.5, 0.6) is 0 Å². The highest BCUT2D eigenvalue weighted by atomic mass is 15.0. The normalized spacial score (nSPS) is 10.9. The van der Waals surface area contributed by atoms with Crippen molar-refractivity contribution in [2.45, 2.75) is 12.8 Å². The van der Waals surface area contributed by atoms with E-state index in [1.807, 2.05) is 0 Å². The maximum Gasteiger partial charge on any atom is -0.00127 e. The van der Waals surface area contributed by atoms with Gasteiger partial charge in [0.2, 0.25) is 0 Å². The zero-order chi connectivity index (χ0) is 8.53. The molecule has 0 amide bonds. The Labute approximate surface area is 69.9 Å². The largest absolute Gasteiger partial charge is 0.330 e. The van der Waals surface area contributed by atoms with Crippen molar-refractivity contribution >= 4 is 0 Å². The molecule has 0 unspecified atom stereocenters. The molecule has 0 aromatic carbocycles. The minimum absolute atomic E-state index is 0.792. The van der Waals surface area contributed by atoms with Crippen molar-refractivity contribution in [3.63, 3.8) is 0 Å². The average molecular weight is 159 g/mol. The van der Waals surface area contributed by atoms with Crippen molar-refractivity contribution < 1.29 is 0 Å². The van der Waals surface area contributed by atoms with E-state index in [1.165, 1.54) is 6.42 Å². The van der Waals surface area contributed by atoms with Gasteiger partial charge in [0, 0.05) is 0 Å². The number of hydrogen-bond acceptors (Lipinski definition) is 3. The molecule has 0 saturated carbocycles. The van der Waals surface area contributed by atoms with E-state index in [0.717, 1.165) is 32.6 Å². The Balaban J connectivity index is 2.80. The van der Waals surface area contributed by atoms with Gasteiger partial charge < -0.3 is 16.0 Å². The number of rotatable bonds is 7. The monoisotopic (exact) mass is 159 g/mol. The van der Waals surface area contributed by atoms with E-state index in [-0.39, 0.29) is 0 Å². The smallest absolute Gasteiger partial charge is 0.00127 e. The Hall–Kier alpha value is -0.120. The minimum atomic E-state index is 0.792. The van der Waals surface area contributed by atoms with Gasteiger partial charge in [-0.05, 0) is 53.1 Å². The molecule has 3 nitrogen and oxygen atoms in total. The summed E-state index contributed by atoms with van der Waals surface area (Å²) in [6, 6.07) is 0. The highest BCUT2D eigenvalue weighted by Gasteiger charge is 1.89. The lowest BCUT2D eigenvalue weighted by Gasteiger charge is -2.09. The molecule has 3 N–H and O–H groups in total. The van der Waals surface area contributed by atoms with E-state index in [4.69, 9.17) is 5.73 Å². The summed E-state index contributed by atoms with van der Waals surface area (Å²) in [5.41, 5.74) is 5.34. The Bertz CT molecular complexity index is 73.7. The van der Waals surface area contributed by atoms with Crippen LogP contribution in [0.1, 0.15) is 12.8 Å². The van der Waals surface area contributed by atoms with Gasteiger partial charge in [0.1, 0.15) is 0 Å². The molecule has 0 radical (unpaired) electrons. The van der Waals surface area contributed by atoms with Gasteiger partial charge in [-0.2, -0.15) is 0 Å². The van der Waals surface area contributed by atoms with Crippen LogP contribution in [0.3, 0.4) is 0 Å². The number of nitrogens with zero attached hydrogens (tertiary/aromatic N) is 1. The van der Waals surface area contributed by atoms with Crippen LogP contribution in [0, 0.1) is 0 Å². The van der Waals surface area contributed by atoms with Gasteiger partial charge in [-0.3, -0.25) is 0 Å².